The van der Waals surface area contributed by atoms with Crippen LogP contribution < -0.4 is 4.90 Å². The number of nitrogens with zero attached hydrogens (tertiary/aromatic N) is 3. The number of aryl methyl sites for hydroxylation is 1. The van der Waals surface area contributed by atoms with Crippen LogP contribution in [-0.2, 0) is 9.47 Å². The normalized spacial score (nSPS) is 21.6. The average Bonchev–Trinajstić information content (AvgIpc) is 2.37. The first kappa shape index (κ1) is 14.8. The third-order valence-corrected chi connectivity index (χ3v) is 3.35. The molecular formula is C15H21N3O2. The van der Waals surface area contributed by atoms with Gasteiger partial charge in [0.25, 0.3) is 0 Å². The Labute approximate surface area is 120 Å². The molecule has 0 saturated carbocycles. The van der Waals surface area contributed by atoms with E-state index in [9.17, 15) is 0 Å². The molecular weight excluding hydrogens is 254 g/mol. The van der Waals surface area contributed by atoms with Gasteiger partial charge in [-0.25, -0.2) is 4.98 Å². The van der Waals surface area contributed by atoms with Crippen molar-refractivity contribution in [3.63, 3.8) is 0 Å². The molecule has 20 heavy (non-hydrogen) atoms. The van der Waals surface area contributed by atoms with Crippen molar-refractivity contribution in [3.8, 4) is 6.07 Å². The van der Waals surface area contributed by atoms with Crippen LogP contribution in [0.25, 0.3) is 0 Å². The number of nitriles is 1. The number of pyridine rings is 1. The second-order valence-electron chi connectivity index (χ2n) is 5.78. The molecule has 1 aromatic heterocycles. The molecule has 1 aromatic rings. The Kier molecular flexibility index (Phi) is 4.26. The first-order valence-corrected chi connectivity index (χ1v) is 6.74. The third-order valence-electron chi connectivity index (χ3n) is 3.35. The Morgan fingerprint density at radius 1 is 1.55 bits per heavy atom. The van der Waals surface area contributed by atoms with E-state index >= 15 is 0 Å². The summed E-state index contributed by atoms with van der Waals surface area (Å²) in [6.45, 7) is 8.03. The molecule has 5 heteroatoms. The maximum Gasteiger partial charge on any atom is 0.145 e. The Bertz CT molecular complexity index is 522. The van der Waals surface area contributed by atoms with Crippen molar-refractivity contribution in [1.82, 2.24) is 4.98 Å². The van der Waals surface area contributed by atoms with Gasteiger partial charge in [-0.15, -0.1) is 0 Å². The van der Waals surface area contributed by atoms with Gasteiger partial charge in [-0.05, 0) is 32.4 Å². The second kappa shape index (κ2) is 5.78. The van der Waals surface area contributed by atoms with Crippen LogP contribution in [0.3, 0.4) is 0 Å². The van der Waals surface area contributed by atoms with Gasteiger partial charge in [0.15, 0.2) is 0 Å². The largest absolute Gasteiger partial charge is 0.382 e. The van der Waals surface area contributed by atoms with Crippen molar-refractivity contribution < 1.29 is 9.47 Å². The fraction of sp³-hybridized carbons (Fsp3) is 0.600. The highest BCUT2D eigenvalue weighted by Crippen LogP contribution is 2.25. The van der Waals surface area contributed by atoms with Gasteiger partial charge in [0.2, 0.25) is 0 Å². The SMILES string of the molecule is COCC1CN(c2ccc(C)c(C#N)n2)CC(C)(C)O1. The number of ether oxygens (including phenoxy) is 2. The third kappa shape index (κ3) is 3.27. The molecule has 0 radical (unpaired) electrons. The zero-order chi connectivity index (χ0) is 14.8. The van der Waals surface area contributed by atoms with Crippen molar-refractivity contribution in [3.05, 3.63) is 23.4 Å². The van der Waals surface area contributed by atoms with E-state index < -0.39 is 0 Å². The van der Waals surface area contributed by atoms with E-state index in [0.29, 0.717) is 12.3 Å². The van der Waals surface area contributed by atoms with E-state index in [1.54, 1.807) is 7.11 Å². The Balaban J connectivity index is 2.25. The molecule has 2 heterocycles. The predicted molar refractivity (Wildman–Crippen MR) is 76.7 cm³/mol. The summed E-state index contributed by atoms with van der Waals surface area (Å²) in [5.74, 6) is 0.824. The summed E-state index contributed by atoms with van der Waals surface area (Å²) in [6, 6.07) is 6.04. The van der Waals surface area contributed by atoms with E-state index in [1.807, 2.05) is 19.1 Å². The minimum Gasteiger partial charge on any atom is -0.382 e. The standard InChI is InChI=1S/C15H21N3O2/c1-11-5-6-14(17-13(11)7-16)18-8-12(9-19-4)20-15(2,3)10-18/h5-6,12H,8-10H2,1-4H3. The summed E-state index contributed by atoms with van der Waals surface area (Å²) in [7, 11) is 1.67. The molecule has 5 nitrogen and oxygen atoms in total. The van der Waals surface area contributed by atoms with E-state index in [2.05, 4.69) is 29.8 Å². The summed E-state index contributed by atoms with van der Waals surface area (Å²) in [4.78, 5) is 6.60. The summed E-state index contributed by atoms with van der Waals surface area (Å²) in [5, 5.41) is 9.10. The number of morpholine rings is 1. The monoisotopic (exact) mass is 275 g/mol. The number of hydrogen-bond acceptors (Lipinski definition) is 5. The maximum absolute atomic E-state index is 9.10. The summed E-state index contributed by atoms with van der Waals surface area (Å²) in [6.07, 6.45) is 0.0115. The Hall–Kier alpha value is -1.64. The van der Waals surface area contributed by atoms with Gasteiger partial charge in [-0.1, -0.05) is 6.07 Å². The van der Waals surface area contributed by atoms with Gasteiger partial charge in [-0.2, -0.15) is 5.26 Å². The van der Waals surface area contributed by atoms with Crippen molar-refractivity contribution in [2.45, 2.75) is 32.5 Å². The van der Waals surface area contributed by atoms with E-state index in [0.717, 1.165) is 24.5 Å². The molecule has 108 valence electrons. The molecule has 1 fully saturated rings. The van der Waals surface area contributed by atoms with E-state index in [1.165, 1.54) is 0 Å². The number of hydrogen-bond donors (Lipinski definition) is 0. The van der Waals surface area contributed by atoms with Gasteiger partial charge in [0.1, 0.15) is 17.6 Å². The van der Waals surface area contributed by atoms with Crippen LogP contribution in [0.1, 0.15) is 25.1 Å². The lowest BCUT2D eigenvalue weighted by Gasteiger charge is -2.43. The second-order valence-corrected chi connectivity index (χ2v) is 5.78. The fourth-order valence-corrected chi connectivity index (χ4v) is 2.55. The molecule has 1 aliphatic rings. The van der Waals surface area contributed by atoms with Crippen LogP contribution in [0.15, 0.2) is 12.1 Å². The van der Waals surface area contributed by atoms with Gasteiger partial charge >= 0.3 is 0 Å². The zero-order valence-electron chi connectivity index (χ0n) is 12.5. The van der Waals surface area contributed by atoms with Crippen molar-refractivity contribution in [2.24, 2.45) is 0 Å². The maximum atomic E-state index is 9.10. The van der Waals surface area contributed by atoms with Gasteiger partial charge in [0.05, 0.1) is 18.3 Å². The van der Waals surface area contributed by atoms with Crippen molar-refractivity contribution in [1.29, 1.82) is 5.26 Å². The number of anilines is 1. The molecule has 2 rings (SSSR count). The molecule has 0 aromatic carbocycles. The fourth-order valence-electron chi connectivity index (χ4n) is 2.55. The molecule has 0 N–H and O–H groups in total. The summed E-state index contributed by atoms with van der Waals surface area (Å²) >= 11 is 0. The predicted octanol–water partition coefficient (Wildman–Crippen LogP) is 1.89. The minimum atomic E-state index is -0.263. The van der Waals surface area contributed by atoms with Gasteiger partial charge in [-0.3, -0.25) is 0 Å². The van der Waals surface area contributed by atoms with Crippen molar-refractivity contribution in [2.75, 3.05) is 31.7 Å². The highest BCUT2D eigenvalue weighted by Gasteiger charge is 2.34. The molecule has 1 aliphatic heterocycles. The summed E-state index contributed by atoms with van der Waals surface area (Å²) < 4.78 is 11.2. The number of rotatable bonds is 3. The van der Waals surface area contributed by atoms with Crippen LogP contribution in [-0.4, -0.2) is 43.5 Å². The average molecular weight is 275 g/mol. The van der Waals surface area contributed by atoms with Crippen LogP contribution >= 0.6 is 0 Å². The molecule has 1 saturated heterocycles. The Morgan fingerprint density at radius 3 is 2.95 bits per heavy atom. The van der Waals surface area contributed by atoms with Crippen LogP contribution in [0.2, 0.25) is 0 Å². The molecule has 0 spiro atoms. The molecule has 0 aliphatic carbocycles. The molecule has 1 unspecified atom stereocenters. The zero-order valence-corrected chi connectivity index (χ0v) is 12.5. The highest BCUT2D eigenvalue weighted by atomic mass is 16.5. The van der Waals surface area contributed by atoms with Crippen molar-refractivity contribution >= 4 is 5.82 Å². The van der Waals surface area contributed by atoms with E-state index in [-0.39, 0.29) is 11.7 Å². The number of methoxy groups -OCH3 is 1. The lowest BCUT2D eigenvalue weighted by atomic mass is 10.1. The van der Waals surface area contributed by atoms with Gasteiger partial charge in [0, 0.05) is 20.2 Å². The van der Waals surface area contributed by atoms with Crippen LogP contribution in [0.4, 0.5) is 5.82 Å². The van der Waals surface area contributed by atoms with Gasteiger partial charge < -0.3 is 14.4 Å². The Morgan fingerprint density at radius 2 is 2.30 bits per heavy atom. The smallest absolute Gasteiger partial charge is 0.145 e. The topological polar surface area (TPSA) is 58.4 Å². The minimum absolute atomic E-state index is 0.0115. The number of aromatic nitrogens is 1. The summed E-state index contributed by atoms with van der Waals surface area (Å²) in [5.41, 5.74) is 1.12. The lowest BCUT2D eigenvalue weighted by molar-refractivity contribution is -0.106. The first-order valence-electron chi connectivity index (χ1n) is 6.74. The lowest BCUT2D eigenvalue weighted by Crippen LogP contribution is -2.54. The van der Waals surface area contributed by atoms with Crippen LogP contribution in [0, 0.1) is 18.3 Å². The quantitative estimate of drug-likeness (QED) is 0.843. The first-order chi connectivity index (χ1) is 9.45. The van der Waals surface area contributed by atoms with E-state index in [4.69, 9.17) is 14.7 Å². The molecule has 1 atom stereocenters. The van der Waals surface area contributed by atoms with Crippen LogP contribution in [0.5, 0.6) is 0 Å². The molecule has 0 amide bonds. The molecule has 0 bridgehead atoms. The highest BCUT2D eigenvalue weighted by molar-refractivity contribution is 5.45.